The molecule has 0 saturated heterocycles. The first-order valence-corrected chi connectivity index (χ1v) is 24.1. The number of hydrogen-bond acceptors (Lipinski definition) is 2. The largest absolute Gasteiger partial charge is 0.310 e. The van der Waals surface area contributed by atoms with Crippen LogP contribution in [0.15, 0.2) is 96.6 Å². The average molecular weight is 715 g/mol. The quantitative estimate of drug-likeness (QED) is 0.0988. The van der Waals surface area contributed by atoms with Gasteiger partial charge in [-0.2, -0.15) is 4.67 Å². The normalized spacial score (nSPS) is 24.2. The highest BCUT2D eigenvalue weighted by atomic mass is 28.3. The van der Waals surface area contributed by atoms with E-state index in [0.717, 1.165) is 22.1 Å². The van der Waals surface area contributed by atoms with E-state index in [4.69, 9.17) is 0 Å². The fourth-order valence-electron chi connectivity index (χ4n) is 12.1. The number of allylic oxidation sites excluding steroid dienone is 4. The second kappa shape index (κ2) is 15.1. The van der Waals surface area contributed by atoms with Gasteiger partial charge in [0, 0.05) is 28.5 Å². The molecule has 52 heavy (non-hydrogen) atoms. The molecule has 0 aliphatic heterocycles. The Hall–Kier alpha value is -2.92. The van der Waals surface area contributed by atoms with Gasteiger partial charge in [-0.25, -0.2) is 0 Å². The fraction of sp³-hybridized carbons (Fsp3) is 0.542. The zero-order valence-electron chi connectivity index (χ0n) is 33.9. The summed E-state index contributed by atoms with van der Waals surface area (Å²) in [5.74, 6) is 2.02. The molecular weight excluding hydrogens is 647 g/mol. The summed E-state index contributed by atoms with van der Waals surface area (Å²) in [6.45, 7) is 12.9. The minimum absolute atomic E-state index is 0.0679. The summed E-state index contributed by atoms with van der Waals surface area (Å²) in [5, 5.41) is 0. The molecule has 0 N–H and O–H groups in total. The SMILES string of the molecule is CCCCC1(CCCC)C2=CC3C(C=C2c2ccc(N(c4ccccc4)c4ccccc4)cc21)CC(C)C3[Si](C)(C)N(C1CCCCC1)[N+](C)(C)C. The van der Waals surface area contributed by atoms with Crippen LogP contribution in [0.2, 0.25) is 18.6 Å². The Morgan fingerprint density at radius 2 is 1.35 bits per heavy atom. The average Bonchev–Trinajstić information content (AvgIpc) is 3.60. The lowest BCUT2D eigenvalue weighted by molar-refractivity contribution is -0.975. The number of fused-ring (bicyclic) bond motifs is 4. The Morgan fingerprint density at radius 1 is 0.750 bits per heavy atom. The molecule has 7 rings (SSSR count). The maximum atomic E-state index is 3.10. The highest BCUT2D eigenvalue weighted by molar-refractivity contribution is 6.76. The van der Waals surface area contributed by atoms with Crippen LogP contribution in [0.3, 0.4) is 0 Å². The minimum atomic E-state index is -1.89. The van der Waals surface area contributed by atoms with E-state index in [9.17, 15) is 0 Å². The smallest absolute Gasteiger partial charge is 0.191 e. The maximum Gasteiger partial charge on any atom is 0.191 e. The zero-order valence-corrected chi connectivity index (χ0v) is 34.9. The lowest BCUT2D eigenvalue weighted by atomic mass is 9.68. The molecule has 0 amide bonds. The lowest BCUT2D eigenvalue weighted by Crippen LogP contribution is -2.69. The van der Waals surface area contributed by atoms with Gasteiger partial charge in [-0.1, -0.05) is 133 Å². The van der Waals surface area contributed by atoms with E-state index in [0.29, 0.717) is 11.8 Å². The van der Waals surface area contributed by atoms with Crippen LogP contribution in [-0.4, -0.2) is 44.7 Å². The van der Waals surface area contributed by atoms with Gasteiger partial charge in [0.05, 0.1) is 21.1 Å². The van der Waals surface area contributed by atoms with Gasteiger partial charge in [-0.05, 0) is 114 Å². The standard InChI is InChI=1S/C48H68N3Si/c1-9-11-30-48(31-12-10-2)45-34-41(49(38-22-16-13-17-23-38)39-24-18-14-19-25-39)28-29-42(45)44-33-37-32-36(3)47(43(37)35-46(44)48)52(7,8)50(51(4,5)6)40-26-20-15-21-27-40/h13-14,16-19,22-25,28-29,33-37,40,43,47H,9-12,15,20-21,26-27,30-32H2,1-8H3/q+1. The van der Waals surface area contributed by atoms with Crippen LogP contribution >= 0.6 is 0 Å². The first kappa shape index (κ1) is 37.4. The van der Waals surface area contributed by atoms with Gasteiger partial charge < -0.3 is 4.90 Å². The van der Waals surface area contributed by atoms with E-state index in [2.05, 4.69) is 156 Å². The molecule has 0 spiro atoms. The van der Waals surface area contributed by atoms with Gasteiger partial charge in [0.15, 0.2) is 8.24 Å². The molecule has 4 aliphatic carbocycles. The predicted octanol–water partition coefficient (Wildman–Crippen LogP) is 13.2. The van der Waals surface area contributed by atoms with Crippen LogP contribution in [-0.2, 0) is 5.41 Å². The van der Waals surface area contributed by atoms with Gasteiger partial charge >= 0.3 is 0 Å². The summed E-state index contributed by atoms with van der Waals surface area (Å²) in [6, 6.07) is 30.2. The Bertz CT molecular complexity index is 1680. The number of anilines is 3. The molecule has 0 aromatic heterocycles. The van der Waals surface area contributed by atoms with E-state index < -0.39 is 8.24 Å². The Kier molecular flexibility index (Phi) is 10.8. The number of quaternary nitrogens is 1. The molecule has 3 aromatic carbocycles. The second-order valence-electron chi connectivity index (χ2n) is 18.4. The third kappa shape index (κ3) is 6.71. The highest BCUT2D eigenvalue weighted by Crippen LogP contribution is 2.63. The van der Waals surface area contributed by atoms with Crippen molar-refractivity contribution in [2.24, 2.45) is 17.8 Å². The third-order valence-electron chi connectivity index (χ3n) is 13.7. The molecule has 278 valence electrons. The summed E-state index contributed by atoms with van der Waals surface area (Å²) >= 11 is 0. The number of benzene rings is 3. The topological polar surface area (TPSA) is 6.48 Å². The lowest BCUT2D eigenvalue weighted by Gasteiger charge is -2.54. The number of nitrogens with zero attached hydrogens (tertiary/aromatic N) is 3. The van der Waals surface area contributed by atoms with E-state index in [1.165, 1.54) is 99.7 Å². The number of rotatable bonds is 13. The van der Waals surface area contributed by atoms with Crippen LogP contribution in [0.1, 0.15) is 109 Å². The van der Waals surface area contributed by atoms with Crippen LogP contribution < -0.4 is 4.90 Å². The molecule has 4 atom stereocenters. The zero-order chi connectivity index (χ0) is 36.7. The minimum Gasteiger partial charge on any atom is -0.310 e. The highest BCUT2D eigenvalue weighted by Gasteiger charge is 2.58. The summed E-state index contributed by atoms with van der Waals surface area (Å²) in [7, 11) is 5.52. The first-order chi connectivity index (χ1) is 25.0. The third-order valence-corrected chi connectivity index (χ3v) is 18.4. The number of para-hydroxylation sites is 2. The van der Waals surface area contributed by atoms with Crippen molar-refractivity contribution in [2.45, 2.75) is 128 Å². The van der Waals surface area contributed by atoms with Gasteiger partial charge in [0.2, 0.25) is 0 Å². The van der Waals surface area contributed by atoms with Gasteiger partial charge in [0.1, 0.15) is 0 Å². The summed E-state index contributed by atoms with van der Waals surface area (Å²) in [5.41, 5.74) is 10.9. The molecule has 4 aliphatic rings. The van der Waals surface area contributed by atoms with Crippen molar-refractivity contribution in [3.8, 4) is 0 Å². The van der Waals surface area contributed by atoms with Crippen molar-refractivity contribution in [2.75, 3.05) is 26.0 Å². The van der Waals surface area contributed by atoms with Crippen LogP contribution in [0.25, 0.3) is 5.57 Å². The molecule has 3 nitrogen and oxygen atoms in total. The molecule has 4 unspecified atom stereocenters. The first-order valence-electron chi connectivity index (χ1n) is 21.1. The maximum absolute atomic E-state index is 3.10. The van der Waals surface area contributed by atoms with Crippen LogP contribution in [0.4, 0.5) is 17.1 Å². The van der Waals surface area contributed by atoms with Crippen molar-refractivity contribution >= 4 is 30.9 Å². The summed E-state index contributed by atoms with van der Waals surface area (Å²) in [4.78, 5) is 2.47. The van der Waals surface area contributed by atoms with Crippen molar-refractivity contribution in [1.29, 1.82) is 0 Å². The number of unbranched alkanes of at least 4 members (excludes halogenated alkanes) is 2. The molecule has 0 bridgehead atoms. The van der Waals surface area contributed by atoms with E-state index in [1.807, 2.05) is 0 Å². The fourth-order valence-corrected chi connectivity index (χ4v) is 17.9. The second-order valence-corrected chi connectivity index (χ2v) is 22.8. The molecule has 3 aromatic rings. The molecule has 2 saturated carbocycles. The van der Waals surface area contributed by atoms with Gasteiger partial charge in [-0.3, -0.25) is 4.59 Å². The Morgan fingerprint density at radius 3 is 1.90 bits per heavy atom. The van der Waals surface area contributed by atoms with E-state index >= 15 is 0 Å². The predicted molar refractivity (Wildman–Crippen MR) is 227 cm³/mol. The van der Waals surface area contributed by atoms with E-state index in [1.54, 1.807) is 16.7 Å². The van der Waals surface area contributed by atoms with Crippen molar-refractivity contribution in [3.63, 3.8) is 0 Å². The Balaban J connectivity index is 1.36. The molecular formula is C48H68N3Si+. The summed E-state index contributed by atoms with van der Waals surface area (Å²) < 4.78 is 4.08. The van der Waals surface area contributed by atoms with Gasteiger partial charge in [0.25, 0.3) is 0 Å². The number of hydrogen-bond donors (Lipinski definition) is 0. The Labute approximate surface area is 318 Å². The van der Waals surface area contributed by atoms with E-state index in [-0.39, 0.29) is 5.41 Å². The van der Waals surface area contributed by atoms with Crippen molar-refractivity contribution in [3.05, 3.63) is 108 Å². The van der Waals surface area contributed by atoms with Crippen LogP contribution in [0.5, 0.6) is 0 Å². The monoisotopic (exact) mass is 715 g/mol. The molecule has 0 radical (unpaired) electrons. The van der Waals surface area contributed by atoms with Crippen molar-refractivity contribution < 1.29 is 4.59 Å². The molecule has 0 heterocycles. The van der Waals surface area contributed by atoms with Gasteiger partial charge in [-0.15, -0.1) is 0 Å². The molecule has 2 fully saturated rings. The summed E-state index contributed by atoms with van der Waals surface area (Å²) in [6.07, 6.45) is 21.6. The molecule has 4 heteroatoms. The van der Waals surface area contributed by atoms with Crippen molar-refractivity contribution in [1.82, 2.24) is 4.67 Å². The van der Waals surface area contributed by atoms with Crippen LogP contribution in [0, 0.1) is 17.8 Å².